The third kappa shape index (κ3) is 2.96. The monoisotopic (exact) mass is 212 g/mol. The number of rotatable bonds is 4. The Labute approximate surface area is 96.8 Å². The van der Waals surface area contributed by atoms with Gasteiger partial charge in [-0.3, -0.25) is 0 Å². The molecule has 1 aliphatic carbocycles. The Morgan fingerprint density at radius 2 is 2.12 bits per heavy atom. The first-order chi connectivity index (χ1) is 7.88. The molecule has 2 unspecified atom stereocenters. The molecule has 0 saturated carbocycles. The van der Waals surface area contributed by atoms with Gasteiger partial charge in [0.1, 0.15) is 0 Å². The second-order valence-corrected chi connectivity index (χ2v) is 3.99. The van der Waals surface area contributed by atoms with Gasteiger partial charge in [0.05, 0.1) is 12.7 Å². The summed E-state index contributed by atoms with van der Waals surface area (Å²) >= 11 is 0. The van der Waals surface area contributed by atoms with Crippen LogP contribution in [-0.2, 0) is 11.3 Å². The second kappa shape index (κ2) is 5.50. The summed E-state index contributed by atoms with van der Waals surface area (Å²) in [6.45, 7) is 4.27. The Balaban J connectivity index is 1.81. The number of hydrogen-bond donors (Lipinski definition) is 0. The first-order valence-electron chi connectivity index (χ1n) is 5.58. The SMILES string of the molecule is C=C=CC1C=CC(OCc2ccccc2)C1. The van der Waals surface area contributed by atoms with Crippen molar-refractivity contribution in [3.8, 4) is 0 Å². The maximum Gasteiger partial charge on any atom is 0.0769 e. The van der Waals surface area contributed by atoms with Gasteiger partial charge in [-0.15, -0.1) is 5.73 Å². The molecule has 0 radical (unpaired) electrons. The standard InChI is InChI=1S/C15H16O/c1-2-6-13-9-10-15(11-13)16-12-14-7-4-3-5-8-14/h3-10,13,15H,1,11-12H2. The van der Waals surface area contributed by atoms with Crippen LogP contribution in [-0.4, -0.2) is 6.10 Å². The van der Waals surface area contributed by atoms with Gasteiger partial charge in [0.15, 0.2) is 0 Å². The summed E-state index contributed by atoms with van der Waals surface area (Å²) in [6.07, 6.45) is 7.52. The fourth-order valence-electron chi connectivity index (χ4n) is 1.87. The summed E-state index contributed by atoms with van der Waals surface area (Å²) in [5.74, 6) is 0.443. The highest BCUT2D eigenvalue weighted by Gasteiger charge is 2.16. The zero-order valence-electron chi connectivity index (χ0n) is 9.30. The predicted molar refractivity (Wildman–Crippen MR) is 66.0 cm³/mol. The van der Waals surface area contributed by atoms with Crippen LogP contribution in [0.4, 0.5) is 0 Å². The molecule has 1 aromatic carbocycles. The number of allylic oxidation sites excluding steroid dienone is 2. The quantitative estimate of drug-likeness (QED) is 0.548. The third-order valence-electron chi connectivity index (χ3n) is 2.72. The Hall–Kier alpha value is -1.56. The van der Waals surface area contributed by atoms with Crippen molar-refractivity contribution in [1.29, 1.82) is 0 Å². The van der Waals surface area contributed by atoms with Crippen molar-refractivity contribution in [2.24, 2.45) is 5.92 Å². The molecule has 0 fully saturated rings. The molecular formula is C15H16O. The van der Waals surface area contributed by atoms with E-state index in [0.29, 0.717) is 12.5 Å². The molecule has 0 spiro atoms. The Morgan fingerprint density at radius 3 is 2.88 bits per heavy atom. The normalized spacial score (nSPS) is 23.0. The minimum Gasteiger partial charge on any atom is -0.369 e. The van der Waals surface area contributed by atoms with E-state index in [0.717, 1.165) is 6.42 Å². The molecule has 1 aliphatic rings. The largest absolute Gasteiger partial charge is 0.369 e. The summed E-state index contributed by atoms with van der Waals surface area (Å²) < 4.78 is 5.81. The highest BCUT2D eigenvalue weighted by atomic mass is 16.5. The molecule has 2 atom stereocenters. The number of ether oxygens (including phenoxy) is 1. The van der Waals surface area contributed by atoms with Gasteiger partial charge in [-0.25, -0.2) is 0 Å². The van der Waals surface area contributed by atoms with Crippen LogP contribution in [0.15, 0.2) is 60.9 Å². The first-order valence-corrected chi connectivity index (χ1v) is 5.58. The van der Waals surface area contributed by atoms with E-state index in [4.69, 9.17) is 4.74 Å². The van der Waals surface area contributed by atoms with E-state index >= 15 is 0 Å². The van der Waals surface area contributed by atoms with E-state index in [2.05, 4.69) is 36.6 Å². The van der Waals surface area contributed by atoms with Crippen LogP contribution >= 0.6 is 0 Å². The smallest absolute Gasteiger partial charge is 0.0769 e. The average Bonchev–Trinajstić information content (AvgIpc) is 2.76. The van der Waals surface area contributed by atoms with Crippen molar-refractivity contribution in [2.75, 3.05) is 0 Å². The van der Waals surface area contributed by atoms with Gasteiger partial charge in [-0.2, -0.15) is 0 Å². The van der Waals surface area contributed by atoms with Crippen LogP contribution in [0.2, 0.25) is 0 Å². The second-order valence-electron chi connectivity index (χ2n) is 3.99. The Morgan fingerprint density at radius 1 is 1.31 bits per heavy atom. The molecule has 1 aromatic rings. The molecule has 0 bridgehead atoms. The van der Waals surface area contributed by atoms with E-state index in [-0.39, 0.29) is 6.10 Å². The highest BCUT2D eigenvalue weighted by Crippen LogP contribution is 2.22. The maximum atomic E-state index is 5.81. The molecule has 1 nitrogen and oxygen atoms in total. The van der Waals surface area contributed by atoms with Crippen LogP contribution in [0.25, 0.3) is 0 Å². The Bertz CT molecular complexity index is 399. The summed E-state index contributed by atoms with van der Waals surface area (Å²) in [5.41, 5.74) is 4.04. The lowest BCUT2D eigenvalue weighted by Gasteiger charge is -2.11. The molecule has 0 aromatic heterocycles. The molecule has 0 N–H and O–H groups in total. The molecule has 1 heteroatoms. The first kappa shape index (κ1) is 10.9. The number of hydrogen-bond acceptors (Lipinski definition) is 1. The third-order valence-corrected chi connectivity index (χ3v) is 2.72. The molecule has 0 amide bonds. The summed E-state index contributed by atoms with van der Waals surface area (Å²) in [6, 6.07) is 10.3. The van der Waals surface area contributed by atoms with Crippen LogP contribution in [0.3, 0.4) is 0 Å². The molecule has 2 rings (SSSR count). The predicted octanol–water partition coefficient (Wildman–Crippen LogP) is 3.49. The van der Waals surface area contributed by atoms with Crippen LogP contribution in [0.5, 0.6) is 0 Å². The lowest BCUT2D eigenvalue weighted by Crippen LogP contribution is -2.08. The summed E-state index contributed by atoms with van der Waals surface area (Å²) in [4.78, 5) is 0. The minimum absolute atomic E-state index is 0.231. The lowest BCUT2D eigenvalue weighted by molar-refractivity contribution is 0.0688. The average molecular weight is 212 g/mol. The van der Waals surface area contributed by atoms with Crippen molar-refractivity contribution in [2.45, 2.75) is 19.1 Å². The molecule has 0 heterocycles. The summed E-state index contributed by atoms with van der Waals surface area (Å²) in [7, 11) is 0. The zero-order valence-corrected chi connectivity index (χ0v) is 9.30. The molecule has 0 saturated heterocycles. The topological polar surface area (TPSA) is 9.23 Å². The van der Waals surface area contributed by atoms with Crippen molar-refractivity contribution in [1.82, 2.24) is 0 Å². The van der Waals surface area contributed by atoms with E-state index in [1.54, 1.807) is 0 Å². The molecular weight excluding hydrogens is 196 g/mol. The van der Waals surface area contributed by atoms with Crippen LogP contribution in [0.1, 0.15) is 12.0 Å². The van der Waals surface area contributed by atoms with Gasteiger partial charge in [-0.1, -0.05) is 49.1 Å². The van der Waals surface area contributed by atoms with E-state index < -0.39 is 0 Å². The fraction of sp³-hybridized carbons (Fsp3) is 0.267. The van der Waals surface area contributed by atoms with Gasteiger partial charge in [-0.05, 0) is 18.1 Å². The van der Waals surface area contributed by atoms with Crippen molar-refractivity contribution in [3.05, 3.63) is 66.4 Å². The molecule has 16 heavy (non-hydrogen) atoms. The van der Waals surface area contributed by atoms with Crippen LogP contribution in [0, 0.1) is 5.92 Å². The van der Waals surface area contributed by atoms with E-state index in [1.807, 2.05) is 24.3 Å². The van der Waals surface area contributed by atoms with Gasteiger partial charge in [0, 0.05) is 5.92 Å². The van der Waals surface area contributed by atoms with Gasteiger partial charge >= 0.3 is 0 Å². The highest BCUT2D eigenvalue weighted by molar-refractivity contribution is 5.14. The Kier molecular flexibility index (Phi) is 3.76. The van der Waals surface area contributed by atoms with E-state index in [9.17, 15) is 0 Å². The van der Waals surface area contributed by atoms with Gasteiger partial charge in [0.2, 0.25) is 0 Å². The van der Waals surface area contributed by atoms with E-state index in [1.165, 1.54) is 5.56 Å². The van der Waals surface area contributed by atoms with Gasteiger partial charge < -0.3 is 4.74 Å². The number of benzene rings is 1. The van der Waals surface area contributed by atoms with Crippen molar-refractivity contribution < 1.29 is 4.74 Å². The molecule has 0 aliphatic heterocycles. The van der Waals surface area contributed by atoms with Crippen molar-refractivity contribution >= 4 is 0 Å². The zero-order chi connectivity index (χ0) is 11.2. The van der Waals surface area contributed by atoms with Crippen molar-refractivity contribution in [3.63, 3.8) is 0 Å². The maximum absolute atomic E-state index is 5.81. The van der Waals surface area contributed by atoms with Crippen LogP contribution < -0.4 is 0 Å². The molecule has 82 valence electrons. The fourth-order valence-corrected chi connectivity index (χ4v) is 1.87. The summed E-state index contributed by atoms with van der Waals surface area (Å²) in [5, 5.41) is 0. The minimum atomic E-state index is 0.231. The lowest BCUT2D eigenvalue weighted by atomic mass is 10.1. The van der Waals surface area contributed by atoms with Gasteiger partial charge in [0.25, 0.3) is 0 Å².